The minimum Gasteiger partial charge on any atom is -0.396 e. The van der Waals surface area contributed by atoms with Crippen LogP contribution in [-0.4, -0.2) is 22.9 Å². The zero-order valence-electron chi connectivity index (χ0n) is 12.7. The second-order valence-electron chi connectivity index (χ2n) is 7.03. The number of hydrogen-bond donors (Lipinski definition) is 3. The summed E-state index contributed by atoms with van der Waals surface area (Å²) in [6.45, 7) is 4.94. The summed E-state index contributed by atoms with van der Waals surface area (Å²) in [6.07, 6.45) is 2.36. The van der Waals surface area contributed by atoms with Gasteiger partial charge in [-0.05, 0) is 54.4 Å². The van der Waals surface area contributed by atoms with Crippen molar-refractivity contribution in [2.75, 3.05) is 11.9 Å². The smallest absolute Gasteiger partial charge is 0.171 e. The molecule has 0 aliphatic heterocycles. The zero-order chi connectivity index (χ0) is 15.0. The lowest BCUT2D eigenvalue weighted by molar-refractivity contribution is -0.118. The Morgan fingerprint density at radius 3 is 2.62 bits per heavy atom. The molecule has 2 bridgehead atoms. The van der Waals surface area contributed by atoms with Gasteiger partial charge in [0.05, 0.1) is 0 Å². The molecule has 114 valence electrons. The van der Waals surface area contributed by atoms with Gasteiger partial charge in [0.2, 0.25) is 0 Å². The molecule has 0 saturated heterocycles. The van der Waals surface area contributed by atoms with E-state index in [4.69, 9.17) is 12.2 Å². The van der Waals surface area contributed by atoms with Crippen LogP contribution in [0.5, 0.6) is 0 Å². The van der Waals surface area contributed by atoms with Crippen molar-refractivity contribution in [1.82, 2.24) is 5.32 Å². The van der Waals surface area contributed by atoms with E-state index in [1.165, 1.54) is 6.42 Å². The van der Waals surface area contributed by atoms with E-state index in [0.29, 0.717) is 22.4 Å². The van der Waals surface area contributed by atoms with Gasteiger partial charge < -0.3 is 15.7 Å². The van der Waals surface area contributed by atoms with E-state index in [9.17, 15) is 5.11 Å². The molecule has 3 saturated carbocycles. The van der Waals surface area contributed by atoms with Crippen LogP contribution in [0, 0.1) is 23.2 Å². The number of fused-ring (bicyclic) bond motifs is 2. The molecule has 3 fully saturated rings. The van der Waals surface area contributed by atoms with E-state index in [-0.39, 0.29) is 12.6 Å². The first-order valence-electron chi connectivity index (χ1n) is 7.75. The van der Waals surface area contributed by atoms with E-state index in [0.717, 1.165) is 18.0 Å². The minimum absolute atomic E-state index is 0.245. The molecule has 0 spiro atoms. The highest BCUT2D eigenvalue weighted by Gasteiger charge is 2.57. The molecule has 0 unspecified atom stereocenters. The topological polar surface area (TPSA) is 44.3 Å². The Bertz CT molecular complexity index is 517. The average Bonchev–Trinajstić information content (AvgIpc) is 2.47. The van der Waals surface area contributed by atoms with Crippen LogP contribution < -0.4 is 10.6 Å². The molecule has 0 radical (unpaired) electrons. The quantitative estimate of drug-likeness (QED) is 0.751. The third-order valence-electron chi connectivity index (χ3n) is 5.64. The summed E-state index contributed by atoms with van der Waals surface area (Å²) in [5.74, 6) is 1.68. The number of benzene rings is 1. The SMILES string of the molecule is CC1(C)[C@H]2C[C@@H](CO)[C@H](NC(=S)Nc3ccccc3)[C@@H]1C2. The monoisotopic (exact) mass is 304 g/mol. The zero-order valence-corrected chi connectivity index (χ0v) is 13.5. The van der Waals surface area contributed by atoms with Gasteiger partial charge >= 0.3 is 0 Å². The van der Waals surface area contributed by atoms with Gasteiger partial charge in [0.25, 0.3) is 0 Å². The van der Waals surface area contributed by atoms with Crippen LogP contribution in [0.4, 0.5) is 5.69 Å². The molecule has 0 amide bonds. The van der Waals surface area contributed by atoms with Crippen molar-refractivity contribution in [2.24, 2.45) is 23.2 Å². The largest absolute Gasteiger partial charge is 0.396 e. The van der Waals surface area contributed by atoms with E-state index >= 15 is 0 Å². The van der Waals surface area contributed by atoms with Gasteiger partial charge in [-0.15, -0.1) is 0 Å². The molecule has 4 rings (SSSR count). The van der Waals surface area contributed by atoms with Crippen molar-refractivity contribution in [3.63, 3.8) is 0 Å². The third-order valence-corrected chi connectivity index (χ3v) is 5.86. The maximum absolute atomic E-state index is 9.67. The fourth-order valence-electron chi connectivity index (χ4n) is 4.15. The number of thiocarbonyl (C=S) groups is 1. The van der Waals surface area contributed by atoms with Gasteiger partial charge in [0.1, 0.15) is 0 Å². The van der Waals surface area contributed by atoms with Gasteiger partial charge in [-0.1, -0.05) is 32.0 Å². The lowest BCUT2D eigenvalue weighted by Crippen LogP contribution is -2.64. The van der Waals surface area contributed by atoms with E-state index in [1.807, 2.05) is 30.3 Å². The van der Waals surface area contributed by atoms with Crippen LogP contribution in [0.3, 0.4) is 0 Å². The van der Waals surface area contributed by atoms with Crippen LogP contribution in [0.2, 0.25) is 0 Å². The Morgan fingerprint density at radius 2 is 2.00 bits per heavy atom. The molecule has 3 aliphatic rings. The number of aliphatic hydroxyl groups excluding tert-OH is 1. The summed E-state index contributed by atoms with van der Waals surface area (Å²) in [5, 5.41) is 17.0. The molecule has 0 aromatic heterocycles. The average molecular weight is 304 g/mol. The first-order valence-corrected chi connectivity index (χ1v) is 8.16. The molecule has 1 aromatic rings. The summed E-state index contributed by atoms with van der Waals surface area (Å²) in [5.41, 5.74) is 1.36. The van der Waals surface area contributed by atoms with Gasteiger partial charge in [0.15, 0.2) is 5.11 Å². The number of anilines is 1. The molecule has 4 heteroatoms. The van der Waals surface area contributed by atoms with Crippen LogP contribution in [0.1, 0.15) is 26.7 Å². The predicted molar refractivity (Wildman–Crippen MR) is 90.2 cm³/mol. The Hall–Kier alpha value is -1.13. The van der Waals surface area contributed by atoms with E-state index < -0.39 is 0 Å². The second kappa shape index (κ2) is 5.58. The van der Waals surface area contributed by atoms with Crippen LogP contribution in [-0.2, 0) is 0 Å². The number of aliphatic hydroxyl groups is 1. The second-order valence-corrected chi connectivity index (χ2v) is 7.44. The fourth-order valence-corrected chi connectivity index (χ4v) is 4.41. The Labute approximate surface area is 132 Å². The van der Waals surface area contributed by atoms with Crippen LogP contribution in [0.25, 0.3) is 0 Å². The lowest BCUT2D eigenvalue weighted by atomic mass is 9.45. The first-order chi connectivity index (χ1) is 10.0. The van der Waals surface area contributed by atoms with Gasteiger partial charge in [-0.2, -0.15) is 0 Å². The van der Waals surface area contributed by atoms with Crippen molar-refractivity contribution < 1.29 is 5.11 Å². The number of nitrogens with one attached hydrogen (secondary N) is 2. The van der Waals surface area contributed by atoms with Gasteiger partial charge in [0, 0.05) is 24.3 Å². The molecule has 0 heterocycles. The van der Waals surface area contributed by atoms with Crippen molar-refractivity contribution in [3.05, 3.63) is 30.3 Å². The van der Waals surface area contributed by atoms with E-state index in [1.54, 1.807) is 0 Å². The summed E-state index contributed by atoms with van der Waals surface area (Å²) < 4.78 is 0. The highest BCUT2D eigenvalue weighted by molar-refractivity contribution is 7.80. The van der Waals surface area contributed by atoms with Gasteiger partial charge in [-0.3, -0.25) is 0 Å². The normalized spacial score (nSPS) is 32.9. The molecule has 3 N–H and O–H groups in total. The molecule has 3 nitrogen and oxygen atoms in total. The summed E-state index contributed by atoms with van der Waals surface area (Å²) in [7, 11) is 0. The maximum Gasteiger partial charge on any atom is 0.171 e. The summed E-state index contributed by atoms with van der Waals surface area (Å²) >= 11 is 5.46. The molecule has 3 aliphatic carbocycles. The standard InChI is InChI=1S/C17H24N2OS/c1-17(2)12-8-11(10-20)15(14(17)9-12)19-16(21)18-13-6-4-3-5-7-13/h3-7,11-12,14-15,20H,8-10H2,1-2H3,(H2,18,19,21)/t11-,12-,14-,15-/m0/s1. The first kappa shape index (κ1) is 14.8. The molecular formula is C17H24N2OS. The molecule has 4 atom stereocenters. The Morgan fingerprint density at radius 1 is 1.29 bits per heavy atom. The van der Waals surface area contributed by atoms with Crippen molar-refractivity contribution in [3.8, 4) is 0 Å². The summed E-state index contributed by atoms with van der Waals surface area (Å²) in [4.78, 5) is 0. The highest BCUT2D eigenvalue weighted by atomic mass is 32.1. The molecule has 1 aromatic carbocycles. The minimum atomic E-state index is 0.245. The maximum atomic E-state index is 9.67. The third kappa shape index (κ3) is 2.67. The van der Waals surface area contributed by atoms with Crippen LogP contribution in [0.15, 0.2) is 30.3 Å². The fraction of sp³-hybridized carbons (Fsp3) is 0.588. The Balaban J connectivity index is 1.66. The van der Waals surface area contributed by atoms with Crippen molar-refractivity contribution >= 4 is 23.0 Å². The van der Waals surface area contributed by atoms with E-state index in [2.05, 4.69) is 24.5 Å². The number of rotatable bonds is 3. The lowest BCUT2D eigenvalue weighted by Gasteiger charge is -2.62. The number of hydrogen-bond acceptors (Lipinski definition) is 2. The predicted octanol–water partition coefficient (Wildman–Crippen LogP) is 3.02. The Kier molecular flexibility index (Phi) is 3.93. The summed E-state index contributed by atoms with van der Waals surface area (Å²) in [6, 6.07) is 10.2. The van der Waals surface area contributed by atoms with Gasteiger partial charge in [-0.25, -0.2) is 0 Å². The molecule has 21 heavy (non-hydrogen) atoms. The molecular weight excluding hydrogens is 280 g/mol. The highest BCUT2D eigenvalue weighted by Crippen LogP contribution is 2.60. The van der Waals surface area contributed by atoms with Crippen LogP contribution >= 0.6 is 12.2 Å². The van der Waals surface area contributed by atoms with Crippen molar-refractivity contribution in [1.29, 1.82) is 0 Å². The van der Waals surface area contributed by atoms with Crippen molar-refractivity contribution in [2.45, 2.75) is 32.7 Å². The number of para-hydroxylation sites is 1.